The number of aromatic nitrogens is 1. The molecule has 134 valence electrons. The third-order valence-electron chi connectivity index (χ3n) is 3.80. The number of rotatable bonds is 7. The molecule has 3 aromatic rings. The van der Waals surface area contributed by atoms with Gasteiger partial charge < -0.3 is 19.3 Å². The second-order valence-corrected chi connectivity index (χ2v) is 5.55. The zero-order chi connectivity index (χ0) is 18.4. The molecule has 0 saturated heterocycles. The Labute approximate surface area is 149 Å². The maximum atomic E-state index is 11.9. The summed E-state index contributed by atoms with van der Waals surface area (Å²) in [5, 5.41) is 7.31. The molecule has 1 N–H and O–H groups in total. The van der Waals surface area contributed by atoms with Crippen molar-refractivity contribution in [3.63, 3.8) is 0 Å². The van der Waals surface area contributed by atoms with Gasteiger partial charge in [0.15, 0.2) is 12.2 Å². The molecule has 1 heterocycles. The van der Waals surface area contributed by atoms with Crippen LogP contribution in [0.2, 0.25) is 0 Å². The van der Waals surface area contributed by atoms with Gasteiger partial charge in [-0.3, -0.25) is 9.59 Å². The average molecular weight is 354 g/mol. The lowest BCUT2D eigenvalue weighted by atomic mass is 10.2. The van der Waals surface area contributed by atoms with Gasteiger partial charge >= 0.3 is 5.97 Å². The van der Waals surface area contributed by atoms with Crippen LogP contribution in [0.15, 0.2) is 53.1 Å². The molecule has 0 unspecified atom stereocenters. The topological polar surface area (TPSA) is 90.7 Å². The molecule has 0 aliphatic rings. The van der Waals surface area contributed by atoms with E-state index in [1.807, 2.05) is 42.5 Å². The van der Waals surface area contributed by atoms with E-state index in [0.29, 0.717) is 17.0 Å². The molecule has 0 radical (unpaired) electrons. The van der Waals surface area contributed by atoms with Crippen LogP contribution in [-0.4, -0.2) is 30.7 Å². The highest BCUT2D eigenvalue weighted by atomic mass is 16.5. The molecule has 0 saturated carbocycles. The van der Waals surface area contributed by atoms with Gasteiger partial charge in [-0.2, -0.15) is 0 Å². The van der Waals surface area contributed by atoms with Crippen molar-refractivity contribution in [2.75, 3.05) is 13.7 Å². The van der Waals surface area contributed by atoms with E-state index in [1.54, 1.807) is 13.2 Å². The van der Waals surface area contributed by atoms with E-state index < -0.39 is 11.9 Å². The van der Waals surface area contributed by atoms with Crippen LogP contribution in [-0.2, 0) is 27.3 Å². The molecule has 3 rings (SSSR count). The van der Waals surface area contributed by atoms with Gasteiger partial charge in [-0.1, -0.05) is 35.5 Å². The average Bonchev–Trinajstić information content (AvgIpc) is 3.08. The summed E-state index contributed by atoms with van der Waals surface area (Å²) in [6.07, 6.45) is -0.0587. The monoisotopic (exact) mass is 354 g/mol. The SMILES string of the molecule is COc1ccccc1CNC(=O)COC(=O)Cc1noc2ccccc12. The third kappa shape index (κ3) is 4.18. The molecule has 0 aliphatic heterocycles. The zero-order valence-corrected chi connectivity index (χ0v) is 14.2. The smallest absolute Gasteiger partial charge is 0.312 e. The van der Waals surface area contributed by atoms with Crippen molar-refractivity contribution in [1.82, 2.24) is 10.5 Å². The lowest BCUT2D eigenvalue weighted by Gasteiger charge is -2.09. The van der Waals surface area contributed by atoms with E-state index in [4.69, 9.17) is 14.0 Å². The predicted octanol–water partition coefficient (Wildman–Crippen LogP) is 2.24. The first kappa shape index (κ1) is 17.5. The maximum absolute atomic E-state index is 11.9. The van der Waals surface area contributed by atoms with E-state index >= 15 is 0 Å². The first-order chi connectivity index (χ1) is 12.7. The van der Waals surface area contributed by atoms with Crippen molar-refractivity contribution in [3.8, 4) is 5.75 Å². The second kappa shape index (κ2) is 8.15. The minimum absolute atomic E-state index is 0.0587. The van der Waals surface area contributed by atoms with Gasteiger partial charge in [-0.15, -0.1) is 0 Å². The fourth-order valence-electron chi connectivity index (χ4n) is 2.49. The Kier molecular flexibility index (Phi) is 5.48. The van der Waals surface area contributed by atoms with Crippen LogP contribution < -0.4 is 10.1 Å². The molecule has 1 amide bonds. The van der Waals surface area contributed by atoms with E-state index in [1.165, 1.54) is 0 Å². The first-order valence-corrected chi connectivity index (χ1v) is 8.05. The second-order valence-electron chi connectivity index (χ2n) is 5.55. The summed E-state index contributed by atoms with van der Waals surface area (Å²) in [5.41, 5.74) is 1.92. The zero-order valence-electron chi connectivity index (χ0n) is 14.2. The van der Waals surface area contributed by atoms with Crippen LogP contribution in [0.3, 0.4) is 0 Å². The summed E-state index contributed by atoms with van der Waals surface area (Å²) in [6.45, 7) is -0.0713. The number of carbonyl (C=O) groups excluding carboxylic acids is 2. The molecule has 2 aromatic carbocycles. The molecule has 0 aliphatic carbocycles. The molecule has 0 fully saturated rings. The summed E-state index contributed by atoms with van der Waals surface area (Å²) in [5.74, 6) is -0.256. The van der Waals surface area contributed by atoms with Crippen molar-refractivity contribution < 1.29 is 23.6 Å². The summed E-state index contributed by atoms with van der Waals surface area (Å²) >= 11 is 0. The Balaban J connectivity index is 1.47. The Morgan fingerprint density at radius 3 is 2.73 bits per heavy atom. The summed E-state index contributed by atoms with van der Waals surface area (Å²) in [6, 6.07) is 14.6. The van der Waals surface area contributed by atoms with Gasteiger partial charge in [-0.05, 0) is 18.2 Å². The largest absolute Gasteiger partial charge is 0.496 e. The van der Waals surface area contributed by atoms with E-state index in [-0.39, 0.29) is 19.6 Å². The highest BCUT2D eigenvalue weighted by molar-refractivity contribution is 5.85. The number of carbonyl (C=O) groups is 2. The number of nitrogens with one attached hydrogen (secondary N) is 1. The molecule has 0 spiro atoms. The Bertz CT molecular complexity index is 919. The molecule has 1 aromatic heterocycles. The number of para-hydroxylation sites is 2. The number of benzene rings is 2. The van der Waals surface area contributed by atoms with Crippen molar-refractivity contribution >= 4 is 22.8 Å². The fourth-order valence-corrected chi connectivity index (χ4v) is 2.49. The van der Waals surface area contributed by atoms with Crippen LogP contribution in [0.25, 0.3) is 11.0 Å². The maximum Gasteiger partial charge on any atom is 0.312 e. The van der Waals surface area contributed by atoms with Crippen LogP contribution >= 0.6 is 0 Å². The number of ether oxygens (including phenoxy) is 2. The first-order valence-electron chi connectivity index (χ1n) is 8.05. The Morgan fingerprint density at radius 2 is 1.88 bits per heavy atom. The minimum Gasteiger partial charge on any atom is -0.496 e. The summed E-state index contributed by atoms with van der Waals surface area (Å²) in [4.78, 5) is 23.8. The van der Waals surface area contributed by atoms with Crippen LogP contribution in [0.5, 0.6) is 5.75 Å². The number of amides is 1. The van der Waals surface area contributed by atoms with E-state index in [2.05, 4.69) is 10.5 Å². The number of hydrogen-bond donors (Lipinski definition) is 1. The Hall–Kier alpha value is -3.35. The van der Waals surface area contributed by atoms with Crippen LogP contribution in [0.1, 0.15) is 11.3 Å². The molecule has 7 heteroatoms. The number of nitrogens with zero attached hydrogens (tertiary/aromatic N) is 1. The number of hydrogen-bond acceptors (Lipinski definition) is 6. The minimum atomic E-state index is -0.545. The third-order valence-corrected chi connectivity index (χ3v) is 3.80. The molecular weight excluding hydrogens is 336 g/mol. The normalized spacial score (nSPS) is 10.5. The highest BCUT2D eigenvalue weighted by Gasteiger charge is 2.14. The molecule has 26 heavy (non-hydrogen) atoms. The predicted molar refractivity (Wildman–Crippen MR) is 93.5 cm³/mol. The quantitative estimate of drug-likeness (QED) is 0.655. The van der Waals surface area contributed by atoms with Gasteiger partial charge in [0, 0.05) is 17.5 Å². The van der Waals surface area contributed by atoms with Crippen molar-refractivity contribution in [1.29, 1.82) is 0 Å². The van der Waals surface area contributed by atoms with Gasteiger partial charge in [0.25, 0.3) is 5.91 Å². The van der Waals surface area contributed by atoms with E-state index in [0.717, 1.165) is 10.9 Å². The standard InChI is InChI=1S/C19H18N2O5/c1-24-16-8-4-2-6-13(16)11-20-18(22)12-25-19(23)10-15-14-7-3-5-9-17(14)26-21-15/h2-9H,10-12H2,1H3,(H,20,22). The molecule has 0 bridgehead atoms. The Morgan fingerprint density at radius 1 is 1.12 bits per heavy atom. The fraction of sp³-hybridized carbons (Fsp3) is 0.211. The molecular formula is C19H18N2O5. The van der Waals surface area contributed by atoms with Crippen molar-refractivity contribution in [2.24, 2.45) is 0 Å². The molecule has 0 atom stereocenters. The van der Waals surface area contributed by atoms with Crippen molar-refractivity contribution in [2.45, 2.75) is 13.0 Å². The summed E-state index contributed by atoms with van der Waals surface area (Å²) < 4.78 is 15.4. The number of fused-ring (bicyclic) bond motifs is 1. The van der Waals surface area contributed by atoms with Gasteiger partial charge in [0.2, 0.25) is 0 Å². The van der Waals surface area contributed by atoms with Gasteiger partial charge in [-0.25, -0.2) is 0 Å². The van der Waals surface area contributed by atoms with E-state index in [9.17, 15) is 9.59 Å². The van der Waals surface area contributed by atoms with Crippen LogP contribution in [0.4, 0.5) is 0 Å². The van der Waals surface area contributed by atoms with Crippen molar-refractivity contribution in [3.05, 3.63) is 59.8 Å². The number of esters is 1. The van der Waals surface area contributed by atoms with Crippen LogP contribution in [0, 0.1) is 0 Å². The lowest BCUT2D eigenvalue weighted by molar-refractivity contribution is -0.148. The lowest BCUT2D eigenvalue weighted by Crippen LogP contribution is -2.28. The van der Waals surface area contributed by atoms with Gasteiger partial charge in [0.05, 0.1) is 13.5 Å². The number of methoxy groups -OCH3 is 1. The van der Waals surface area contributed by atoms with Gasteiger partial charge in [0.1, 0.15) is 11.4 Å². The molecule has 7 nitrogen and oxygen atoms in total. The highest BCUT2D eigenvalue weighted by Crippen LogP contribution is 2.18. The summed E-state index contributed by atoms with van der Waals surface area (Å²) in [7, 11) is 1.57.